The van der Waals surface area contributed by atoms with E-state index in [-0.39, 0.29) is 28.9 Å². The number of carbonyl (C=O) groups is 1. The number of nitrogens with one attached hydrogen (secondary N) is 2. The van der Waals surface area contributed by atoms with Crippen LogP contribution in [0.5, 0.6) is 0 Å². The molecule has 3 heterocycles. The summed E-state index contributed by atoms with van der Waals surface area (Å²) in [5, 5.41) is 21.1. The van der Waals surface area contributed by atoms with Gasteiger partial charge in [0.2, 0.25) is 5.95 Å². The molecule has 32 heavy (non-hydrogen) atoms. The second-order valence-corrected chi connectivity index (χ2v) is 7.96. The fraction of sp³-hybridized carbons (Fsp3) is 0.364. The van der Waals surface area contributed by atoms with Crippen LogP contribution in [0, 0.1) is 11.3 Å². The SMILES string of the molecule is CCC(C(=N)c1ccc(Nc2ncc3cc(N)c(=O)n(C4CCCC4)c3n2)nc1)C(=O)O. The molecule has 1 aliphatic carbocycles. The van der Waals surface area contributed by atoms with Gasteiger partial charge in [0.25, 0.3) is 5.56 Å². The number of nitrogens with zero attached hydrogens (tertiary/aromatic N) is 4. The highest BCUT2D eigenvalue weighted by molar-refractivity contribution is 6.09. The molecule has 0 spiro atoms. The fourth-order valence-electron chi connectivity index (χ4n) is 4.15. The number of fused-ring (bicyclic) bond motifs is 1. The lowest BCUT2D eigenvalue weighted by atomic mass is 9.95. The Labute approximate surface area is 184 Å². The van der Waals surface area contributed by atoms with Crippen LogP contribution in [0.15, 0.2) is 35.4 Å². The number of aliphatic carboxylic acids is 1. The average Bonchev–Trinajstić information content (AvgIpc) is 3.30. The number of nitrogens with two attached hydrogens (primary N) is 1. The lowest BCUT2D eigenvalue weighted by Gasteiger charge is -2.17. The number of anilines is 3. The van der Waals surface area contributed by atoms with Crippen LogP contribution < -0.4 is 16.6 Å². The minimum atomic E-state index is -1.03. The van der Waals surface area contributed by atoms with Crippen LogP contribution in [-0.4, -0.2) is 36.3 Å². The van der Waals surface area contributed by atoms with Crippen molar-refractivity contribution < 1.29 is 9.90 Å². The van der Waals surface area contributed by atoms with Crippen LogP contribution in [0.25, 0.3) is 11.0 Å². The van der Waals surface area contributed by atoms with E-state index in [4.69, 9.17) is 11.1 Å². The van der Waals surface area contributed by atoms with Gasteiger partial charge in [-0.2, -0.15) is 4.98 Å². The molecule has 1 unspecified atom stereocenters. The smallest absolute Gasteiger partial charge is 0.312 e. The summed E-state index contributed by atoms with van der Waals surface area (Å²) in [7, 11) is 0. The topological polar surface area (TPSA) is 160 Å². The molecule has 5 N–H and O–H groups in total. The lowest BCUT2D eigenvalue weighted by Crippen LogP contribution is -2.27. The quantitative estimate of drug-likeness (QED) is 0.412. The van der Waals surface area contributed by atoms with E-state index in [0.717, 1.165) is 25.7 Å². The third-order valence-electron chi connectivity index (χ3n) is 5.86. The summed E-state index contributed by atoms with van der Waals surface area (Å²) in [6.07, 6.45) is 7.35. The van der Waals surface area contributed by atoms with Crippen LogP contribution in [0.4, 0.5) is 17.5 Å². The number of carboxylic acids is 1. The monoisotopic (exact) mass is 435 g/mol. The molecule has 0 bridgehead atoms. The van der Waals surface area contributed by atoms with Gasteiger partial charge < -0.3 is 21.6 Å². The van der Waals surface area contributed by atoms with Gasteiger partial charge in [-0.1, -0.05) is 19.8 Å². The Kier molecular flexibility index (Phi) is 5.85. The molecule has 10 heteroatoms. The highest BCUT2D eigenvalue weighted by Gasteiger charge is 2.23. The van der Waals surface area contributed by atoms with Crippen molar-refractivity contribution in [1.29, 1.82) is 5.41 Å². The molecule has 0 radical (unpaired) electrons. The number of nitrogen functional groups attached to an aromatic ring is 1. The normalized spacial score (nSPS) is 15.0. The van der Waals surface area contributed by atoms with Gasteiger partial charge in [0.15, 0.2) is 0 Å². The predicted octanol–water partition coefficient (Wildman–Crippen LogP) is 3.11. The van der Waals surface area contributed by atoms with E-state index in [1.165, 1.54) is 6.20 Å². The molecule has 1 aliphatic rings. The number of aromatic nitrogens is 4. The first kappa shape index (κ1) is 21.4. The number of hydrogen-bond donors (Lipinski definition) is 4. The van der Waals surface area contributed by atoms with Gasteiger partial charge in [-0.05, 0) is 37.5 Å². The number of pyridine rings is 2. The summed E-state index contributed by atoms with van der Waals surface area (Å²) in [6.45, 7) is 1.73. The van der Waals surface area contributed by atoms with E-state index in [1.54, 1.807) is 35.9 Å². The number of rotatable bonds is 7. The molecule has 3 aromatic heterocycles. The summed E-state index contributed by atoms with van der Waals surface area (Å²) in [5.41, 5.74) is 6.86. The summed E-state index contributed by atoms with van der Waals surface area (Å²) < 4.78 is 1.68. The third kappa shape index (κ3) is 4.03. The molecule has 0 amide bonds. The summed E-state index contributed by atoms with van der Waals surface area (Å²) in [6, 6.07) is 4.94. The summed E-state index contributed by atoms with van der Waals surface area (Å²) in [4.78, 5) is 37.2. The van der Waals surface area contributed by atoms with Crippen molar-refractivity contribution >= 4 is 40.2 Å². The van der Waals surface area contributed by atoms with E-state index < -0.39 is 11.9 Å². The van der Waals surface area contributed by atoms with Crippen LogP contribution in [-0.2, 0) is 4.79 Å². The summed E-state index contributed by atoms with van der Waals surface area (Å²) >= 11 is 0. The standard InChI is InChI=1S/C22H25N7O3/c1-2-15(21(31)32)18(24)12-7-8-17(25-10-12)27-22-26-11-13-9-16(23)20(30)29(19(13)28-22)14-5-3-4-6-14/h7-11,14-15,24H,2-6,23H2,1H3,(H,31,32)(H,25,26,27,28). The second-order valence-electron chi connectivity index (χ2n) is 7.96. The molecule has 0 aromatic carbocycles. The van der Waals surface area contributed by atoms with Crippen molar-refractivity contribution in [2.75, 3.05) is 11.1 Å². The second kappa shape index (κ2) is 8.74. The van der Waals surface area contributed by atoms with Gasteiger partial charge in [0.05, 0.1) is 17.3 Å². The van der Waals surface area contributed by atoms with Crippen LogP contribution in [0.3, 0.4) is 0 Å². The molecule has 166 valence electrons. The van der Waals surface area contributed by atoms with E-state index in [9.17, 15) is 14.7 Å². The van der Waals surface area contributed by atoms with Gasteiger partial charge >= 0.3 is 5.97 Å². The zero-order valence-corrected chi connectivity index (χ0v) is 17.7. The van der Waals surface area contributed by atoms with E-state index in [2.05, 4.69) is 20.3 Å². The molecule has 3 aromatic rings. The first-order valence-corrected chi connectivity index (χ1v) is 10.6. The largest absolute Gasteiger partial charge is 0.481 e. The van der Waals surface area contributed by atoms with Crippen LogP contribution >= 0.6 is 0 Å². The van der Waals surface area contributed by atoms with Crippen molar-refractivity contribution in [3.05, 3.63) is 46.5 Å². The highest BCUT2D eigenvalue weighted by atomic mass is 16.4. The maximum Gasteiger partial charge on any atom is 0.312 e. The van der Waals surface area contributed by atoms with Crippen molar-refractivity contribution in [2.24, 2.45) is 5.92 Å². The first-order chi connectivity index (χ1) is 15.4. The van der Waals surface area contributed by atoms with Crippen molar-refractivity contribution in [1.82, 2.24) is 19.5 Å². The van der Waals surface area contributed by atoms with Gasteiger partial charge in [-0.3, -0.25) is 14.2 Å². The molecule has 0 aliphatic heterocycles. The maximum atomic E-state index is 12.8. The fourth-order valence-corrected chi connectivity index (χ4v) is 4.15. The zero-order chi connectivity index (χ0) is 22.8. The average molecular weight is 435 g/mol. The lowest BCUT2D eigenvalue weighted by molar-refractivity contribution is -0.139. The van der Waals surface area contributed by atoms with Gasteiger partial charge in [-0.25, -0.2) is 9.97 Å². The Morgan fingerprint density at radius 3 is 2.69 bits per heavy atom. The maximum absolute atomic E-state index is 12.8. The Balaban J connectivity index is 1.63. The van der Waals surface area contributed by atoms with E-state index in [0.29, 0.717) is 28.8 Å². The first-order valence-electron chi connectivity index (χ1n) is 10.6. The Morgan fingerprint density at radius 1 is 1.31 bits per heavy atom. The molecule has 1 atom stereocenters. The number of hydrogen-bond acceptors (Lipinski definition) is 8. The van der Waals surface area contributed by atoms with Crippen molar-refractivity contribution in [3.8, 4) is 0 Å². The third-order valence-corrected chi connectivity index (χ3v) is 5.86. The molecule has 1 fully saturated rings. The van der Waals surface area contributed by atoms with Gasteiger partial charge in [-0.15, -0.1) is 0 Å². The molecular weight excluding hydrogens is 410 g/mol. The minimum Gasteiger partial charge on any atom is -0.481 e. The molecule has 1 saturated carbocycles. The zero-order valence-electron chi connectivity index (χ0n) is 17.7. The Hall–Kier alpha value is -3.82. The minimum absolute atomic E-state index is 0.0131. The Morgan fingerprint density at radius 2 is 2.06 bits per heavy atom. The summed E-state index contributed by atoms with van der Waals surface area (Å²) in [5.74, 6) is -1.19. The van der Waals surface area contributed by atoms with Crippen LogP contribution in [0.1, 0.15) is 50.6 Å². The van der Waals surface area contributed by atoms with E-state index in [1.807, 2.05) is 0 Å². The van der Waals surface area contributed by atoms with Gasteiger partial charge in [0.1, 0.15) is 11.5 Å². The van der Waals surface area contributed by atoms with Crippen molar-refractivity contribution in [3.63, 3.8) is 0 Å². The molecule has 0 saturated heterocycles. The number of carboxylic acid groups (broad SMARTS) is 1. The van der Waals surface area contributed by atoms with Crippen LogP contribution in [0.2, 0.25) is 0 Å². The Bertz CT molecular complexity index is 1230. The molecular formula is C22H25N7O3. The van der Waals surface area contributed by atoms with Gasteiger partial charge in [0, 0.05) is 29.4 Å². The molecule has 10 nitrogen and oxygen atoms in total. The highest BCUT2D eigenvalue weighted by Crippen LogP contribution is 2.31. The van der Waals surface area contributed by atoms with E-state index >= 15 is 0 Å². The predicted molar refractivity (Wildman–Crippen MR) is 121 cm³/mol. The van der Waals surface area contributed by atoms with Crippen molar-refractivity contribution in [2.45, 2.75) is 45.1 Å². The molecule has 4 rings (SSSR count).